The van der Waals surface area contributed by atoms with Gasteiger partial charge >= 0.3 is 0 Å². The number of fused-ring (bicyclic) bond motifs is 2. The minimum atomic E-state index is 0.436. The second-order valence-corrected chi connectivity index (χ2v) is 8.19. The van der Waals surface area contributed by atoms with Crippen molar-refractivity contribution >= 4 is 33.3 Å². The number of rotatable bonds is 3. The van der Waals surface area contributed by atoms with Crippen LogP contribution in [0.1, 0.15) is 29.7 Å². The Labute approximate surface area is 151 Å². The number of thiazole rings is 1. The zero-order chi connectivity index (χ0) is 16.5. The summed E-state index contributed by atoms with van der Waals surface area (Å²) in [5.41, 5.74) is 7.51. The number of nitrogens with zero attached hydrogens (tertiary/aromatic N) is 2. The molecule has 0 bridgehead atoms. The predicted molar refractivity (Wildman–Crippen MR) is 105 cm³/mol. The predicted octanol–water partition coefficient (Wildman–Crippen LogP) is 5.18. The molecule has 1 unspecified atom stereocenters. The van der Waals surface area contributed by atoms with Crippen molar-refractivity contribution in [2.24, 2.45) is 0 Å². The van der Waals surface area contributed by atoms with Crippen molar-refractivity contribution in [3.8, 4) is 0 Å². The third kappa shape index (κ3) is 3.10. The fraction of sp³-hybridized carbons (Fsp3) is 0.350. The largest absolute Gasteiger partial charge is 0.296 e. The second-order valence-electron chi connectivity index (χ2n) is 6.43. The highest BCUT2D eigenvalue weighted by atomic mass is 32.2. The Morgan fingerprint density at radius 2 is 1.92 bits per heavy atom. The lowest BCUT2D eigenvalue weighted by atomic mass is 10.0. The zero-order valence-electron chi connectivity index (χ0n) is 14.2. The van der Waals surface area contributed by atoms with Gasteiger partial charge in [0.1, 0.15) is 0 Å². The Kier molecular flexibility index (Phi) is 4.61. The van der Waals surface area contributed by atoms with Crippen molar-refractivity contribution in [2.75, 3.05) is 19.3 Å². The standard InChI is InChI=1S/C20H22N2S2/c1-14(16-4-6-20-19(12-16)21-13-24-20)22-9-7-15-3-5-18(23-2)11-17(15)8-10-22/h3-6,11-14H,7-10H2,1-2H3. The molecule has 124 valence electrons. The lowest BCUT2D eigenvalue weighted by Gasteiger charge is -2.28. The number of aromatic nitrogens is 1. The first-order valence-electron chi connectivity index (χ1n) is 8.47. The fourth-order valence-electron chi connectivity index (χ4n) is 3.58. The lowest BCUT2D eigenvalue weighted by Crippen LogP contribution is -2.29. The number of thioether (sulfide) groups is 1. The molecule has 4 rings (SSSR count). The van der Waals surface area contributed by atoms with Crippen LogP contribution < -0.4 is 0 Å². The van der Waals surface area contributed by atoms with Crippen LogP contribution >= 0.6 is 23.1 Å². The molecule has 0 saturated carbocycles. The van der Waals surface area contributed by atoms with Crippen LogP contribution in [0.25, 0.3) is 10.2 Å². The molecular weight excluding hydrogens is 332 g/mol. The summed E-state index contributed by atoms with van der Waals surface area (Å²) in [6.07, 6.45) is 4.45. The van der Waals surface area contributed by atoms with Gasteiger partial charge in [-0.25, -0.2) is 4.98 Å². The maximum Gasteiger partial charge on any atom is 0.0815 e. The number of hydrogen-bond donors (Lipinski definition) is 0. The summed E-state index contributed by atoms with van der Waals surface area (Å²) in [5.74, 6) is 0. The molecule has 0 amide bonds. The molecule has 1 aliphatic rings. The Morgan fingerprint density at radius 3 is 2.75 bits per heavy atom. The van der Waals surface area contributed by atoms with Crippen molar-refractivity contribution < 1.29 is 0 Å². The third-order valence-electron chi connectivity index (χ3n) is 5.13. The monoisotopic (exact) mass is 354 g/mol. The van der Waals surface area contributed by atoms with Gasteiger partial charge in [-0.1, -0.05) is 12.1 Å². The maximum absolute atomic E-state index is 4.47. The van der Waals surface area contributed by atoms with E-state index in [0.29, 0.717) is 6.04 Å². The SMILES string of the molecule is CSc1ccc2c(c1)CCN(C(C)c1ccc3scnc3c1)CC2. The van der Waals surface area contributed by atoms with E-state index in [1.165, 1.54) is 26.3 Å². The molecule has 3 aromatic rings. The summed E-state index contributed by atoms with van der Waals surface area (Å²) < 4.78 is 1.28. The van der Waals surface area contributed by atoms with Crippen LogP contribution in [0.5, 0.6) is 0 Å². The number of hydrogen-bond acceptors (Lipinski definition) is 4. The average molecular weight is 355 g/mol. The van der Waals surface area contributed by atoms with Crippen LogP contribution in [0.2, 0.25) is 0 Å². The average Bonchev–Trinajstić information content (AvgIpc) is 2.99. The first kappa shape index (κ1) is 16.1. The van der Waals surface area contributed by atoms with E-state index in [0.717, 1.165) is 31.4 Å². The van der Waals surface area contributed by atoms with Crippen molar-refractivity contribution in [1.29, 1.82) is 0 Å². The molecule has 0 fully saturated rings. The van der Waals surface area contributed by atoms with Gasteiger partial charge in [0.05, 0.1) is 15.7 Å². The van der Waals surface area contributed by atoms with Crippen molar-refractivity contribution in [3.05, 3.63) is 58.6 Å². The second kappa shape index (κ2) is 6.87. The van der Waals surface area contributed by atoms with E-state index in [9.17, 15) is 0 Å². The van der Waals surface area contributed by atoms with Gasteiger partial charge in [0.15, 0.2) is 0 Å². The summed E-state index contributed by atoms with van der Waals surface area (Å²) in [5, 5.41) is 0. The van der Waals surface area contributed by atoms with Gasteiger partial charge in [-0.3, -0.25) is 4.90 Å². The highest BCUT2D eigenvalue weighted by molar-refractivity contribution is 7.98. The first-order chi connectivity index (χ1) is 11.7. The summed E-state index contributed by atoms with van der Waals surface area (Å²) in [6, 6.07) is 14.2. The first-order valence-corrected chi connectivity index (χ1v) is 10.6. The third-order valence-corrected chi connectivity index (χ3v) is 6.67. The highest BCUT2D eigenvalue weighted by Crippen LogP contribution is 2.29. The zero-order valence-corrected chi connectivity index (χ0v) is 15.8. The molecule has 1 aliphatic heterocycles. The van der Waals surface area contributed by atoms with Crippen molar-refractivity contribution in [2.45, 2.75) is 30.7 Å². The molecule has 0 aliphatic carbocycles. The molecule has 0 saturated heterocycles. The van der Waals surface area contributed by atoms with Crippen LogP contribution in [0.15, 0.2) is 46.8 Å². The lowest BCUT2D eigenvalue weighted by molar-refractivity contribution is 0.221. The number of benzene rings is 2. The molecule has 0 radical (unpaired) electrons. The molecule has 2 heterocycles. The van der Waals surface area contributed by atoms with Crippen molar-refractivity contribution in [1.82, 2.24) is 9.88 Å². The molecule has 4 heteroatoms. The van der Waals surface area contributed by atoms with Gasteiger partial charge in [-0.05, 0) is 67.0 Å². The Morgan fingerprint density at radius 1 is 1.08 bits per heavy atom. The van der Waals surface area contributed by atoms with E-state index in [1.807, 2.05) is 17.3 Å². The minimum absolute atomic E-state index is 0.436. The van der Waals surface area contributed by atoms with Crippen LogP contribution in [-0.2, 0) is 12.8 Å². The van der Waals surface area contributed by atoms with Crippen LogP contribution in [0.4, 0.5) is 0 Å². The summed E-state index contributed by atoms with van der Waals surface area (Å²) in [4.78, 5) is 8.47. The van der Waals surface area contributed by atoms with Crippen LogP contribution in [0.3, 0.4) is 0 Å². The molecule has 1 aromatic heterocycles. The fourth-order valence-corrected chi connectivity index (χ4v) is 4.70. The minimum Gasteiger partial charge on any atom is -0.296 e. The molecule has 24 heavy (non-hydrogen) atoms. The molecule has 2 aromatic carbocycles. The smallest absolute Gasteiger partial charge is 0.0815 e. The Hall–Kier alpha value is -1.36. The molecule has 0 N–H and O–H groups in total. The van der Waals surface area contributed by atoms with Gasteiger partial charge in [0, 0.05) is 24.0 Å². The maximum atomic E-state index is 4.47. The Balaban J connectivity index is 1.54. The molecule has 0 spiro atoms. The van der Waals surface area contributed by atoms with Gasteiger partial charge < -0.3 is 0 Å². The summed E-state index contributed by atoms with van der Waals surface area (Å²) >= 11 is 3.55. The highest BCUT2D eigenvalue weighted by Gasteiger charge is 2.20. The van der Waals surface area contributed by atoms with Gasteiger partial charge in [-0.15, -0.1) is 23.1 Å². The van der Waals surface area contributed by atoms with E-state index >= 15 is 0 Å². The van der Waals surface area contributed by atoms with Gasteiger partial charge in [0.2, 0.25) is 0 Å². The van der Waals surface area contributed by atoms with E-state index in [-0.39, 0.29) is 0 Å². The Bertz CT molecular complexity index is 856. The topological polar surface area (TPSA) is 16.1 Å². The van der Waals surface area contributed by atoms with Crippen LogP contribution in [-0.4, -0.2) is 29.2 Å². The van der Waals surface area contributed by atoms with Gasteiger partial charge in [-0.2, -0.15) is 0 Å². The van der Waals surface area contributed by atoms with Crippen molar-refractivity contribution in [3.63, 3.8) is 0 Å². The summed E-state index contributed by atoms with van der Waals surface area (Å²) in [6.45, 7) is 4.58. The van der Waals surface area contributed by atoms with E-state index in [2.05, 4.69) is 59.5 Å². The quantitative estimate of drug-likeness (QED) is 0.603. The van der Waals surface area contributed by atoms with E-state index in [4.69, 9.17) is 0 Å². The van der Waals surface area contributed by atoms with Gasteiger partial charge in [0.25, 0.3) is 0 Å². The van der Waals surface area contributed by atoms with E-state index in [1.54, 1.807) is 11.3 Å². The molecular formula is C20H22N2S2. The van der Waals surface area contributed by atoms with Crippen LogP contribution in [0, 0.1) is 0 Å². The normalized spacial score (nSPS) is 16.8. The van der Waals surface area contributed by atoms with E-state index < -0.39 is 0 Å². The summed E-state index contributed by atoms with van der Waals surface area (Å²) in [7, 11) is 0. The molecule has 2 nitrogen and oxygen atoms in total. The molecule has 1 atom stereocenters.